The number of ether oxygens (including phenoxy) is 2. The molecule has 0 spiro atoms. The Hall–Kier alpha value is -1.51. The van der Waals surface area contributed by atoms with Crippen LogP contribution in [0.4, 0.5) is 0 Å². The first-order valence-electron chi connectivity index (χ1n) is 7.08. The molecule has 7 nitrogen and oxygen atoms in total. The lowest BCUT2D eigenvalue weighted by molar-refractivity contribution is -0.273. The second-order valence-corrected chi connectivity index (χ2v) is 5.23. The van der Waals surface area contributed by atoms with E-state index >= 15 is 0 Å². The Labute approximate surface area is 128 Å². The third kappa shape index (κ3) is 4.02. The van der Waals surface area contributed by atoms with Gasteiger partial charge in [-0.05, 0) is 5.56 Å². The number of nitrogens with one attached hydrogen (secondary N) is 1. The zero-order valence-corrected chi connectivity index (χ0v) is 12.3. The van der Waals surface area contributed by atoms with E-state index in [-0.39, 0.29) is 12.5 Å². The minimum Gasteiger partial charge on any atom is -0.394 e. The lowest BCUT2D eigenvalue weighted by Crippen LogP contribution is -2.64. The topological polar surface area (TPSA) is 108 Å². The van der Waals surface area contributed by atoms with Crippen molar-refractivity contribution < 1.29 is 29.6 Å². The fourth-order valence-electron chi connectivity index (χ4n) is 2.37. The number of hydrogen-bond donors (Lipinski definition) is 4. The molecule has 1 aromatic rings. The Kier molecular flexibility index (Phi) is 5.87. The summed E-state index contributed by atoms with van der Waals surface area (Å²) in [5.74, 6) is -0.379. The molecule has 0 radical (unpaired) electrons. The van der Waals surface area contributed by atoms with Crippen molar-refractivity contribution in [2.24, 2.45) is 0 Å². The van der Waals surface area contributed by atoms with Crippen LogP contribution in [0, 0.1) is 0 Å². The van der Waals surface area contributed by atoms with Crippen LogP contribution in [0.25, 0.3) is 0 Å². The molecular weight excluding hydrogens is 290 g/mol. The van der Waals surface area contributed by atoms with Gasteiger partial charge >= 0.3 is 0 Å². The minimum atomic E-state index is -1.31. The van der Waals surface area contributed by atoms with Crippen molar-refractivity contribution in [1.82, 2.24) is 5.32 Å². The predicted molar refractivity (Wildman–Crippen MR) is 76.6 cm³/mol. The van der Waals surface area contributed by atoms with E-state index in [1.165, 1.54) is 6.92 Å². The van der Waals surface area contributed by atoms with Gasteiger partial charge in [0.1, 0.15) is 24.4 Å². The Balaban J connectivity index is 2.07. The van der Waals surface area contributed by atoms with Gasteiger partial charge in [0, 0.05) is 6.92 Å². The predicted octanol–water partition coefficient (Wildman–Crippen LogP) is -0.853. The Morgan fingerprint density at radius 2 is 1.95 bits per heavy atom. The number of aliphatic hydroxyl groups is 3. The van der Waals surface area contributed by atoms with E-state index in [2.05, 4.69) is 5.32 Å². The van der Waals surface area contributed by atoms with Gasteiger partial charge in [-0.15, -0.1) is 0 Å². The van der Waals surface area contributed by atoms with Gasteiger partial charge in [-0.3, -0.25) is 4.79 Å². The second kappa shape index (κ2) is 7.66. The molecule has 1 amide bonds. The lowest BCUT2D eigenvalue weighted by Gasteiger charge is -2.42. The van der Waals surface area contributed by atoms with Crippen molar-refractivity contribution in [3.05, 3.63) is 35.9 Å². The fraction of sp³-hybridized carbons (Fsp3) is 0.533. The molecule has 0 saturated carbocycles. The third-order valence-electron chi connectivity index (χ3n) is 3.51. The SMILES string of the molecule is CC(=O)N[C@H]1C(O)[C@@H](O)C(CO)O[C@@H]1OCc1ccccc1. The first kappa shape index (κ1) is 16.9. The van der Waals surface area contributed by atoms with Crippen molar-refractivity contribution in [2.75, 3.05) is 6.61 Å². The zero-order valence-electron chi connectivity index (χ0n) is 12.3. The van der Waals surface area contributed by atoms with Crippen LogP contribution in [0.3, 0.4) is 0 Å². The average molecular weight is 311 g/mol. The smallest absolute Gasteiger partial charge is 0.217 e. The van der Waals surface area contributed by atoms with Gasteiger partial charge in [-0.2, -0.15) is 0 Å². The van der Waals surface area contributed by atoms with Crippen molar-refractivity contribution in [2.45, 2.75) is 44.2 Å². The summed E-state index contributed by atoms with van der Waals surface area (Å²) < 4.78 is 11.1. The first-order chi connectivity index (χ1) is 10.5. The summed E-state index contributed by atoms with van der Waals surface area (Å²) >= 11 is 0. The molecule has 0 aliphatic carbocycles. The quantitative estimate of drug-likeness (QED) is 0.564. The average Bonchev–Trinajstić information content (AvgIpc) is 2.52. The third-order valence-corrected chi connectivity index (χ3v) is 3.51. The molecule has 7 heteroatoms. The monoisotopic (exact) mass is 311 g/mol. The normalized spacial score (nSPS) is 31.7. The van der Waals surface area contributed by atoms with Crippen LogP contribution in [-0.4, -0.2) is 58.5 Å². The van der Waals surface area contributed by atoms with Gasteiger partial charge in [0.05, 0.1) is 13.2 Å². The van der Waals surface area contributed by atoms with E-state index in [0.717, 1.165) is 5.56 Å². The maximum absolute atomic E-state index is 11.3. The second-order valence-electron chi connectivity index (χ2n) is 5.23. The highest BCUT2D eigenvalue weighted by Crippen LogP contribution is 2.23. The minimum absolute atomic E-state index is 0.211. The zero-order chi connectivity index (χ0) is 16.1. The molecule has 1 saturated heterocycles. The molecule has 5 atom stereocenters. The Morgan fingerprint density at radius 3 is 2.55 bits per heavy atom. The van der Waals surface area contributed by atoms with Crippen molar-refractivity contribution in [1.29, 1.82) is 0 Å². The fourth-order valence-corrected chi connectivity index (χ4v) is 2.37. The number of hydrogen-bond acceptors (Lipinski definition) is 6. The van der Waals surface area contributed by atoms with E-state index in [4.69, 9.17) is 9.47 Å². The highest BCUT2D eigenvalue weighted by Gasteiger charge is 2.45. The molecule has 22 heavy (non-hydrogen) atoms. The van der Waals surface area contributed by atoms with Gasteiger partial charge in [0.15, 0.2) is 6.29 Å². The molecule has 1 aliphatic rings. The van der Waals surface area contributed by atoms with E-state index in [1.807, 2.05) is 30.3 Å². The molecule has 0 bridgehead atoms. The summed E-state index contributed by atoms with van der Waals surface area (Å²) in [5, 5.41) is 31.7. The van der Waals surface area contributed by atoms with Crippen LogP contribution in [0.1, 0.15) is 12.5 Å². The molecule has 122 valence electrons. The lowest BCUT2D eigenvalue weighted by atomic mass is 9.97. The van der Waals surface area contributed by atoms with E-state index in [9.17, 15) is 20.1 Å². The number of amides is 1. The van der Waals surface area contributed by atoms with Crippen LogP contribution >= 0.6 is 0 Å². The van der Waals surface area contributed by atoms with Crippen molar-refractivity contribution in [3.8, 4) is 0 Å². The summed E-state index contributed by atoms with van der Waals surface area (Å²) in [4.78, 5) is 11.3. The summed E-state index contributed by atoms with van der Waals surface area (Å²) in [7, 11) is 0. The van der Waals surface area contributed by atoms with Gasteiger partial charge in [0.25, 0.3) is 0 Å². The van der Waals surface area contributed by atoms with Crippen LogP contribution < -0.4 is 5.32 Å². The van der Waals surface area contributed by atoms with Gasteiger partial charge in [0.2, 0.25) is 5.91 Å². The molecule has 1 aromatic carbocycles. The van der Waals surface area contributed by atoms with E-state index < -0.39 is 37.3 Å². The number of rotatable bonds is 5. The molecule has 0 aromatic heterocycles. The summed E-state index contributed by atoms with van der Waals surface area (Å²) in [6.45, 7) is 1.05. The molecule has 1 aliphatic heterocycles. The van der Waals surface area contributed by atoms with Crippen LogP contribution in [0.5, 0.6) is 0 Å². The van der Waals surface area contributed by atoms with Crippen LogP contribution in [0.2, 0.25) is 0 Å². The van der Waals surface area contributed by atoms with Crippen LogP contribution in [-0.2, 0) is 20.9 Å². The number of benzene rings is 1. The van der Waals surface area contributed by atoms with Crippen molar-refractivity contribution >= 4 is 5.91 Å². The number of carbonyl (C=O) groups excluding carboxylic acids is 1. The summed E-state index contributed by atoms with van der Waals surface area (Å²) in [5.41, 5.74) is 0.897. The number of aliphatic hydroxyl groups excluding tert-OH is 3. The molecule has 2 unspecified atom stereocenters. The first-order valence-corrected chi connectivity index (χ1v) is 7.08. The maximum atomic E-state index is 11.3. The largest absolute Gasteiger partial charge is 0.394 e. The number of carbonyl (C=O) groups is 1. The maximum Gasteiger partial charge on any atom is 0.217 e. The summed E-state index contributed by atoms with van der Waals surface area (Å²) in [6.07, 6.45) is -4.55. The molecule has 1 heterocycles. The van der Waals surface area contributed by atoms with Gasteiger partial charge < -0.3 is 30.1 Å². The molecule has 1 fully saturated rings. The van der Waals surface area contributed by atoms with Gasteiger partial charge in [-0.1, -0.05) is 30.3 Å². The van der Waals surface area contributed by atoms with E-state index in [0.29, 0.717) is 0 Å². The highest BCUT2D eigenvalue weighted by atomic mass is 16.7. The molecular formula is C15H21NO6. The van der Waals surface area contributed by atoms with Gasteiger partial charge in [-0.25, -0.2) is 0 Å². The standard InChI is InChI=1S/C15H21NO6/c1-9(18)16-12-14(20)13(19)11(7-17)22-15(12)21-8-10-5-3-2-4-6-10/h2-6,11-15,17,19-20H,7-8H2,1H3,(H,16,18)/t11?,12-,13-,14?,15-/m0/s1. The van der Waals surface area contributed by atoms with E-state index in [1.54, 1.807) is 0 Å². The van der Waals surface area contributed by atoms with Crippen LogP contribution in [0.15, 0.2) is 30.3 Å². The highest BCUT2D eigenvalue weighted by molar-refractivity contribution is 5.73. The molecule has 4 N–H and O–H groups in total. The summed E-state index contributed by atoms with van der Waals surface area (Å²) in [6, 6.07) is 8.42. The Bertz CT molecular complexity index is 482. The Morgan fingerprint density at radius 1 is 1.27 bits per heavy atom. The molecule has 2 rings (SSSR count). The van der Waals surface area contributed by atoms with Crippen molar-refractivity contribution in [3.63, 3.8) is 0 Å².